The summed E-state index contributed by atoms with van der Waals surface area (Å²) in [5.74, 6) is -0.0192. The van der Waals surface area contributed by atoms with Crippen LogP contribution >= 0.6 is 15.9 Å². The van der Waals surface area contributed by atoms with Crippen molar-refractivity contribution in [2.45, 2.75) is 12.6 Å². The lowest BCUT2D eigenvalue weighted by Crippen LogP contribution is -2.38. The minimum Gasteiger partial charge on any atom is -0.508 e. The van der Waals surface area contributed by atoms with Crippen molar-refractivity contribution in [3.63, 3.8) is 0 Å². The number of halogens is 2. The van der Waals surface area contributed by atoms with E-state index >= 15 is 0 Å². The molecule has 0 spiro atoms. The number of aromatic hydroxyl groups is 1. The highest BCUT2D eigenvalue weighted by molar-refractivity contribution is 9.10. The number of anilines is 1. The van der Waals surface area contributed by atoms with Crippen LogP contribution < -0.4 is 10.6 Å². The van der Waals surface area contributed by atoms with Crippen LogP contribution in [-0.4, -0.2) is 40.5 Å². The second-order valence-electron chi connectivity index (χ2n) is 5.29. The maximum Gasteiger partial charge on any atom is 0.196 e. The van der Waals surface area contributed by atoms with E-state index in [-0.39, 0.29) is 30.6 Å². The first kappa shape index (κ1) is 19.2. The van der Waals surface area contributed by atoms with Crippen molar-refractivity contribution >= 4 is 27.6 Å². The lowest BCUT2D eigenvalue weighted by atomic mass is 10.2. The third-order valence-electron chi connectivity index (χ3n) is 3.24. The molecule has 0 aliphatic carbocycles. The predicted octanol–water partition coefficient (Wildman–Crippen LogP) is 2.20. The summed E-state index contributed by atoms with van der Waals surface area (Å²) >= 11 is 3.29. The van der Waals surface area contributed by atoms with E-state index < -0.39 is 12.7 Å². The van der Waals surface area contributed by atoms with Crippen molar-refractivity contribution in [2.24, 2.45) is 4.99 Å². The summed E-state index contributed by atoms with van der Waals surface area (Å²) in [7, 11) is 0. The van der Waals surface area contributed by atoms with Gasteiger partial charge in [-0.15, -0.1) is 0 Å². The molecular weight excluding hydrogens is 393 g/mol. The van der Waals surface area contributed by atoms with Gasteiger partial charge in [-0.3, -0.25) is 0 Å². The van der Waals surface area contributed by atoms with Crippen molar-refractivity contribution in [2.75, 3.05) is 18.5 Å². The summed E-state index contributed by atoms with van der Waals surface area (Å²) in [6.07, 6.45) is -0.959. The third-order valence-corrected chi connectivity index (χ3v) is 3.73. The molecule has 0 aliphatic heterocycles. The SMILES string of the molecule is OCC(O)CNC(=NCc1cc(Br)ccc1F)Nc1cccc(O)c1. The molecule has 0 amide bonds. The predicted molar refractivity (Wildman–Crippen MR) is 98.1 cm³/mol. The monoisotopic (exact) mass is 411 g/mol. The van der Waals surface area contributed by atoms with E-state index in [1.54, 1.807) is 24.3 Å². The van der Waals surface area contributed by atoms with Crippen molar-refractivity contribution in [1.82, 2.24) is 5.32 Å². The lowest BCUT2D eigenvalue weighted by molar-refractivity contribution is 0.0982. The molecule has 1 atom stereocenters. The summed E-state index contributed by atoms with van der Waals surface area (Å²) in [4.78, 5) is 4.29. The first-order valence-corrected chi connectivity index (χ1v) is 8.34. The van der Waals surface area contributed by atoms with E-state index in [0.717, 1.165) is 4.47 Å². The zero-order valence-electron chi connectivity index (χ0n) is 13.3. The molecule has 134 valence electrons. The maximum atomic E-state index is 13.8. The van der Waals surface area contributed by atoms with Crippen LogP contribution in [0.4, 0.5) is 10.1 Å². The van der Waals surface area contributed by atoms with E-state index in [0.29, 0.717) is 11.3 Å². The van der Waals surface area contributed by atoms with E-state index in [9.17, 15) is 14.6 Å². The number of guanidine groups is 1. The summed E-state index contributed by atoms with van der Waals surface area (Å²) in [6, 6.07) is 11.0. The first-order valence-electron chi connectivity index (χ1n) is 7.55. The topological polar surface area (TPSA) is 97.1 Å². The van der Waals surface area contributed by atoms with Crippen molar-refractivity contribution in [3.05, 3.63) is 58.3 Å². The fourth-order valence-corrected chi connectivity index (χ4v) is 2.38. The zero-order valence-corrected chi connectivity index (χ0v) is 14.9. The number of phenols is 1. The molecule has 2 aromatic carbocycles. The van der Waals surface area contributed by atoms with Crippen molar-refractivity contribution < 1.29 is 19.7 Å². The second-order valence-corrected chi connectivity index (χ2v) is 6.21. The molecule has 5 N–H and O–H groups in total. The number of hydrogen-bond donors (Lipinski definition) is 5. The molecule has 0 aliphatic rings. The van der Waals surface area contributed by atoms with Crippen LogP contribution in [0, 0.1) is 5.82 Å². The summed E-state index contributed by atoms with van der Waals surface area (Å²) in [5, 5.41) is 33.7. The van der Waals surface area contributed by atoms with Gasteiger partial charge in [0.1, 0.15) is 11.6 Å². The number of aliphatic hydroxyl groups excluding tert-OH is 2. The number of nitrogens with zero attached hydrogens (tertiary/aromatic N) is 1. The van der Waals surface area contributed by atoms with Gasteiger partial charge in [-0.05, 0) is 30.3 Å². The van der Waals surface area contributed by atoms with Gasteiger partial charge < -0.3 is 26.0 Å². The maximum absolute atomic E-state index is 13.8. The Labute approximate surface area is 153 Å². The van der Waals surface area contributed by atoms with Gasteiger partial charge in [0.2, 0.25) is 0 Å². The number of phenolic OH excluding ortho intramolecular Hbond substituents is 1. The Morgan fingerprint density at radius 1 is 1.24 bits per heavy atom. The molecule has 0 saturated heterocycles. The van der Waals surface area contributed by atoms with Crippen LogP contribution in [0.15, 0.2) is 51.9 Å². The Kier molecular flexibility index (Phi) is 7.17. The molecule has 2 rings (SSSR count). The van der Waals surface area contributed by atoms with Crippen LogP contribution in [0.2, 0.25) is 0 Å². The van der Waals surface area contributed by atoms with Crippen LogP contribution in [0.1, 0.15) is 5.56 Å². The highest BCUT2D eigenvalue weighted by Crippen LogP contribution is 2.17. The summed E-state index contributed by atoms with van der Waals surface area (Å²) in [5.41, 5.74) is 0.966. The van der Waals surface area contributed by atoms with E-state index in [2.05, 4.69) is 31.6 Å². The van der Waals surface area contributed by atoms with E-state index in [1.807, 2.05) is 0 Å². The van der Waals surface area contributed by atoms with Gasteiger partial charge in [-0.2, -0.15) is 0 Å². The normalized spacial score (nSPS) is 12.7. The van der Waals surface area contributed by atoms with Crippen LogP contribution in [0.25, 0.3) is 0 Å². The fourth-order valence-electron chi connectivity index (χ4n) is 1.97. The number of benzene rings is 2. The Hall–Kier alpha value is -2.16. The standard InChI is InChI=1S/C17H19BrFN3O3/c18-12-4-5-16(19)11(6-12)8-20-17(21-9-15(25)10-23)22-13-2-1-3-14(24)7-13/h1-7,15,23-25H,8-10H2,(H2,20,21,22). The molecule has 0 radical (unpaired) electrons. The molecule has 0 aromatic heterocycles. The Bertz CT molecular complexity index is 743. The summed E-state index contributed by atoms with van der Waals surface area (Å²) in [6.45, 7) is -0.274. The Morgan fingerprint density at radius 3 is 2.76 bits per heavy atom. The number of aliphatic imine (C=N–C) groups is 1. The molecule has 0 fully saturated rings. The first-order chi connectivity index (χ1) is 12.0. The largest absolute Gasteiger partial charge is 0.508 e. The van der Waals surface area contributed by atoms with Crippen molar-refractivity contribution in [1.29, 1.82) is 0 Å². The molecule has 2 aromatic rings. The number of aliphatic hydroxyl groups is 2. The summed E-state index contributed by atoms with van der Waals surface area (Å²) < 4.78 is 14.6. The average Bonchev–Trinajstić information content (AvgIpc) is 2.59. The van der Waals surface area contributed by atoms with Gasteiger partial charge in [0, 0.05) is 28.3 Å². The van der Waals surface area contributed by atoms with E-state index in [4.69, 9.17) is 5.11 Å². The molecular formula is C17H19BrFN3O3. The number of nitrogens with one attached hydrogen (secondary N) is 2. The fraction of sp³-hybridized carbons (Fsp3) is 0.235. The van der Waals surface area contributed by atoms with Crippen molar-refractivity contribution in [3.8, 4) is 5.75 Å². The van der Waals surface area contributed by atoms with Gasteiger partial charge >= 0.3 is 0 Å². The molecule has 0 heterocycles. The van der Waals surface area contributed by atoms with Gasteiger partial charge in [0.05, 0.1) is 19.3 Å². The molecule has 0 saturated carbocycles. The molecule has 8 heteroatoms. The van der Waals surface area contributed by atoms with E-state index in [1.165, 1.54) is 18.2 Å². The highest BCUT2D eigenvalue weighted by atomic mass is 79.9. The van der Waals surface area contributed by atoms with Gasteiger partial charge in [-0.1, -0.05) is 22.0 Å². The molecule has 6 nitrogen and oxygen atoms in total. The minimum absolute atomic E-state index is 0.0577. The minimum atomic E-state index is -0.959. The highest BCUT2D eigenvalue weighted by Gasteiger charge is 2.07. The molecule has 0 bridgehead atoms. The van der Waals surface area contributed by atoms with Crippen LogP contribution in [-0.2, 0) is 6.54 Å². The smallest absolute Gasteiger partial charge is 0.196 e. The van der Waals surface area contributed by atoms with Gasteiger partial charge in [-0.25, -0.2) is 9.38 Å². The quantitative estimate of drug-likeness (QED) is 0.370. The third kappa shape index (κ3) is 6.33. The molecule has 1 unspecified atom stereocenters. The van der Waals surface area contributed by atoms with Crippen LogP contribution in [0.5, 0.6) is 5.75 Å². The second kappa shape index (κ2) is 9.36. The van der Waals surface area contributed by atoms with Gasteiger partial charge in [0.25, 0.3) is 0 Å². The Balaban J connectivity index is 2.15. The van der Waals surface area contributed by atoms with Gasteiger partial charge in [0.15, 0.2) is 5.96 Å². The average molecular weight is 412 g/mol. The Morgan fingerprint density at radius 2 is 2.04 bits per heavy atom. The van der Waals surface area contributed by atoms with Crippen LogP contribution in [0.3, 0.4) is 0 Å². The zero-order chi connectivity index (χ0) is 18.2. The lowest BCUT2D eigenvalue weighted by Gasteiger charge is -2.15. The molecule has 25 heavy (non-hydrogen) atoms. The number of hydrogen-bond acceptors (Lipinski definition) is 4. The number of rotatable bonds is 6.